The number of aryl methyl sites for hydroxylation is 1. The number of amides is 1. The molecule has 1 aromatic heterocycles. The van der Waals surface area contributed by atoms with E-state index >= 15 is 0 Å². The van der Waals surface area contributed by atoms with Crippen LogP contribution in [0.4, 0.5) is 5.82 Å². The monoisotopic (exact) mass is 502 g/mol. The Labute approximate surface area is 219 Å². The first-order chi connectivity index (χ1) is 17.6. The van der Waals surface area contributed by atoms with Gasteiger partial charge in [0.2, 0.25) is 5.91 Å². The maximum absolute atomic E-state index is 13.6. The average Bonchev–Trinajstić information content (AvgIpc) is 2.86. The van der Waals surface area contributed by atoms with Crippen LogP contribution in [0.25, 0.3) is 10.8 Å². The Kier molecular flexibility index (Phi) is 7.86. The van der Waals surface area contributed by atoms with Crippen LogP contribution in [0.15, 0.2) is 48.7 Å². The van der Waals surface area contributed by atoms with E-state index in [1.165, 1.54) is 5.56 Å². The third-order valence-electron chi connectivity index (χ3n) is 7.41. The summed E-state index contributed by atoms with van der Waals surface area (Å²) in [6.07, 6.45) is 6.35. The van der Waals surface area contributed by atoms with E-state index in [1.807, 2.05) is 4.90 Å². The molecule has 0 radical (unpaired) electrons. The Hall–Kier alpha value is -3.41. The highest BCUT2D eigenvalue weighted by Crippen LogP contribution is 2.38. The molecule has 4 rings (SSSR count). The van der Waals surface area contributed by atoms with E-state index in [0.717, 1.165) is 47.8 Å². The number of hydrogen-bond donors (Lipinski definition) is 1. The van der Waals surface area contributed by atoms with Crippen LogP contribution in [-0.2, 0) is 4.79 Å². The number of aromatic carboxylic acids is 1. The van der Waals surface area contributed by atoms with Gasteiger partial charge in [0.05, 0.1) is 12.7 Å². The highest BCUT2D eigenvalue weighted by atomic mass is 16.5. The van der Waals surface area contributed by atoms with E-state index < -0.39 is 5.97 Å². The van der Waals surface area contributed by atoms with Gasteiger partial charge in [0.1, 0.15) is 11.6 Å². The Morgan fingerprint density at radius 3 is 2.41 bits per heavy atom. The Morgan fingerprint density at radius 1 is 1.05 bits per heavy atom. The van der Waals surface area contributed by atoms with Gasteiger partial charge in [0.25, 0.3) is 0 Å². The maximum Gasteiger partial charge on any atom is 0.335 e. The number of carboxylic acids is 1. The van der Waals surface area contributed by atoms with Gasteiger partial charge in [0.15, 0.2) is 0 Å². The number of aromatic nitrogens is 1. The number of carbonyl (C=O) groups is 2. The van der Waals surface area contributed by atoms with Gasteiger partial charge in [-0.3, -0.25) is 9.69 Å². The summed E-state index contributed by atoms with van der Waals surface area (Å²) >= 11 is 0. The second kappa shape index (κ2) is 10.9. The molecule has 1 aliphatic rings. The topological polar surface area (TPSA) is 79.7 Å². The van der Waals surface area contributed by atoms with Crippen LogP contribution < -0.4 is 9.64 Å². The largest absolute Gasteiger partial charge is 0.496 e. The minimum atomic E-state index is -0.968. The molecule has 0 bridgehead atoms. The second-order valence-electron chi connectivity index (χ2n) is 11.6. The van der Waals surface area contributed by atoms with Gasteiger partial charge in [-0.25, -0.2) is 9.78 Å². The average molecular weight is 503 g/mol. The lowest BCUT2D eigenvalue weighted by Gasteiger charge is -2.34. The molecule has 0 unspecified atom stereocenters. The first kappa shape index (κ1) is 26.6. The molecule has 1 N–H and O–H groups in total. The van der Waals surface area contributed by atoms with Gasteiger partial charge in [-0.05, 0) is 96.7 Å². The zero-order chi connectivity index (χ0) is 26.7. The molecule has 0 spiro atoms. The number of carboxylic acid groups (broad SMARTS) is 1. The molecule has 6 nitrogen and oxygen atoms in total. The molecular weight excluding hydrogens is 464 g/mol. The summed E-state index contributed by atoms with van der Waals surface area (Å²) in [4.78, 5) is 31.6. The predicted molar refractivity (Wildman–Crippen MR) is 148 cm³/mol. The van der Waals surface area contributed by atoms with Crippen molar-refractivity contribution in [3.63, 3.8) is 0 Å². The fourth-order valence-corrected chi connectivity index (χ4v) is 5.46. The molecule has 0 atom stereocenters. The molecule has 2 aromatic carbocycles. The maximum atomic E-state index is 13.6. The lowest BCUT2D eigenvalue weighted by atomic mass is 9.78. The minimum Gasteiger partial charge on any atom is -0.496 e. The van der Waals surface area contributed by atoms with Crippen LogP contribution in [0.5, 0.6) is 5.75 Å². The van der Waals surface area contributed by atoms with Gasteiger partial charge < -0.3 is 9.84 Å². The van der Waals surface area contributed by atoms with Crippen molar-refractivity contribution in [2.45, 2.75) is 65.7 Å². The molecule has 1 aliphatic carbocycles. The number of benzene rings is 2. The summed E-state index contributed by atoms with van der Waals surface area (Å²) in [6, 6.07) is 13.3. The Morgan fingerprint density at radius 2 is 1.78 bits per heavy atom. The summed E-state index contributed by atoms with van der Waals surface area (Å²) in [5.41, 5.74) is 2.60. The summed E-state index contributed by atoms with van der Waals surface area (Å²) in [7, 11) is 1.70. The number of pyridine rings is 1. The van der Waals surface area contributed by atoms with Crippen LogP contribution >= 0.6 is 0 Å². The van der Waals surface area contributed by atoms with E-state index in [2.05, 4.69) is 50.9 Å². The van der Waals surface area contributed by atoms with Gasteiger partial charge in [-0.1, -0.05) is 32.9 Å². The second-order valence-corrected chi connectivity index (χ2v) is 11.6. The number of hydrogen-bond acceptors (Lipinski definition) is 4. The van der Waals surface area contributed by atoms with Crippen LogP contribution in [0.3, 0.4) is 0 Å². The summed E-state index contributed by atoms with van der Waals surface area (Å²) in [5.74, 6) is 1.53. The van der Waals surface area contributed by atoms with E-state index in [9.17, 15) is 14.7 Å². The zero-order valence-electron chi connectivity index (χ0n) is 22.6. The first-order valence-corrected chi connectivity index (χ1v) is 13.1. The molecule has 3 aromatic rings. The van der Waals surface area contributed by atoms with Crippen LogP contribution in [0.2, 0.25) is 0 Å². The Balaban J connectivity index is 1.56. The number of nitrogens with zero attached hydrogens (tertiary/aromatic N) is 2. The fraction of sp³-hybridized carbons (Fsp3) is 0.452. The van der Waals surface area contributed by atoms with E-state index in [-0.39, 0.29) is 16.9 Å². The van der Waals surface area contributed by atoms with Crippen LogP contribution in [0, 0.1) is 18.3 Å². The summed E-state index contributed by atoms with van der Waals surface area (Å²) in [6.45, 7) is 8.92. The van der Waals surface area contributed by atoms with Crippen molar-refractivity contribution in [2.24, 2.45) is 11.3 Å². The van der Waals surface area contributed by atoms with Crippen molar-refractivity contribution in [3.05, 3.63) is 65.4 Å². The van der Waals surface area contributed by atoms with Crippen molar-refractivity contribution in [2.75, 3.05) is 18.6 Å². The molecule has 0 aliphatic heterocycles. The van der Waals surface area contributed by atoms with Crippen LogP contribution in [-0.4, -0.2) is 35.6 Å². The van der Waals surface area contributed by atoms with Crippen LogP contribution in [0.1, 0.15) is 80.3 Å². The number of carbonyl (C=O) groups excluding carboxylic acids is 1. The molecule has 1 amide bonds. The van der Waals surface area contributed by atoms with E-state index in [0.29, 0.717) is 30.6 Å². The molecule has 37 heavy (non-hydrogen) atoms. The van der Waals surface area contributed by atoms with Gasteiger partial charge in [-0.2, -0.15) is 0 Å². The van der Waals surface area contributed by atoms with Gasteiger partial charge in [0, 0.05) is 24.5 Å². The van der Waals surface area contributed by atoms with Crippen molar-refractivity contribution in [3.8, 4) is 5.75 Å². The SMILES string of the molecule is COc1ccc([C@H]2CC[C@H](CN(C(=O)CC(C)(C)C)c3nccc4cc(C(=O)O)ccc34)CC2)cc1C. The molecule has 6 heteroatoms. The zero-order valence-corrected chi connectivity index (χ0v) is 22.6. The summed E-state index contributed by atoms with van der Waals surface area (Å²) in [5, 5.41) is 11.0. The van der Waals surface area contributed by atoms with E-state index in [1.54, 1.807) is 37.6 Å². The molecule has 1 saturated carbocycles. The van der Waals surface area contributed by atoms with Crippen molar-refractivity contribution < 1.29 is 19.4 Å². The van der Waals surface area contributed by atoms with Crippen molar-refractivity contribution in [1.29, 1.82) is 0 Å². The lowest BCUT2D eigenvalue weighted by Crippen LogP contribution is -2.39. The van der Waals surface area contributed by atoms with Gasteiger partial charge in [-0.15, -0.1) is 0 Å². The Bertz CT molecular complexity index is 1290. The normalized spacial score (nSPS) is 18.0. The fourth-order valence-electron chi connectivity index (χ4n) is 5.46. The molecule has 1 heterocycles. The molecule has 0 saturated heterocycles. The van der Waals surface area contributed by atoms with E-state index in [4.69, 9.17) is 4.74 Å². The first-order valence-electron chi connectivity index (χ1n) is 13.1. The predicted octanol–water partition coefficient (Wildman–Crippen LogP) is 6.99. The molecule has 1 fully saturated rings. The standard InChI is InChI=1S/C31H38N2O4/c1-20-16-23(11-13-27(20)37-5)22-8-6-21(7-9-22)19-33(28(34)18-31(2,3)4)29-26-12-10-25(30(35)36)17-24(26)14-15-32-29/h10-17,21-22H,6-9,18-19H2,1-5H3,(H,35,36)/t21-,22-. The molecular formula is C31H38N2O4. The lowest BCUT2D eigenvalue weighted by molar-refractivity contribution is -0.120. The molecule has 196 valence electrons. The number of fused-ring (bicyclic) bond motifs is 1. The van der Waals surface area contributed by atoms with Crippen molar-refractivity contribution in [1.82, 2.24) is 4.98 Å². The minimum absolute atomic E-state index is 0.0581. The highest BCUT2D eigenvalue weighted by molar-refractivity contribution is 6.04. The quantitative estimate of drug-likeness (QED) is 0.376. The number of methoxy groups -OCH3 is 1. The van der Waals surface area contributed by atoms with Crippen molar-refractivity contribution >= 4 is 28.5 Å². The third-order valence-corrected chi connectivity index (χ3v) is 7.41. The number of anilines is 1. The smallest absolute Gasteiger partial charge is 0.335 e. The number of ether oxygens (including phenoxy) is 1. The van der Waals surface area contributed by atoms with Gasteiger partial charge >= 0.3 is 5.97 Å². The highest BCUT2D eigenvalue weighted by Gasteiger charge is 2.30. The number of rotatable bonds is 7. The summed E-state index contributed by atoms with van der Waals surface area (Å²) < 4.78 is 5.42. The third kappa shape index (κ3) is 6.30.